The number of ether oxygens (including phenoxy) is 2. The van der Waals surface area contributed by atoms with Crippen molar-refractivity contribution in [2.75, 3.05) is 26.4 Å². The molecule has 0 aliphatic carbocycles. The molecular weight excluding hydrogens is 214 g/mol. The van der Waals surface area contributed by atoms with Crippen molar-refractivity contribution in [3.05, 3.63) is 46.9 Å². The Hall–Kier alpha value is -1.66. The molecule has 0 atom stereocenters. The number of aliphatic hydroxyl groups excluding tert-OH is 1. The second kappa shape index (κ2) is 9.88. The second-order valence-electron chi connectivity index (χ2n) is 2.60. The van der Waals surface area contributed by atoms with E-state index in [2.05, 4.69) is 6.58 Å². The molecule has 0 heterocycles. The molecular formula is C10H15NO5. The summed E-state index contributed by atoms with van der Waals surface area (Å²) in [6.07, 6.45) is 5.20. The van der Waals surface area contributed by atoms with Crippen LogP contribution in [0.5, 0.6) is 0 Å². The van der Waals surface area contributed by atoms with E-state index in [1.807, 2.05) is 0 Å². The van der Waals surface area contributed by atoms with Gasteiger partial charge >= 0.3 is 5.70 Å². The summed E-state index contributed by atoms with van der Waals surface area (Å²) in [5, 5.41) is 18.9. The van der Waals surface area contributed by atoms with Gasteiger partial charge in [-0.1, -0.05) is 18.7 Å². The summed E-state index contributed by atoms with van der Waals surface area (Å²) < 4.78 is 9.80. The van der Waals surface area contributed by atoms with Crippen molar-refractivity contribution >= 4 is 0 Å². The molecule has 0 fully saturated rings. The Morgan fingerprint density at radius 1 is 1.44 bits per heavy atom. The Bertz CT molecular complexity index is 272. The minimum Gasteiger partial charge on any atom is -0.492 e. The Balaban J connectivity index is 3.91. The van der Waals surface area contributed by atoms with Gasteiger partial charge in [0.05, 0.1) is 24.7 Å². The van der Waals surface area contributed by atoms with E-state index in [0.29, 0.717) is 0 Å². The van der Waals surface area contributed by atoms with Gasteiger partial charge < -0.3 is 14.6 Å². The molecule has 0 unspecified atom stereocenters. The summed E-state index contributed by atoms with van der Waals surface area (Å²) >= 11 is 0. The first kappa shape index (κ1) is 14.3. The van der Waals surface area contributed by atoms with E-state index < -0.39 is 4.92 Å². The van der Waals surface area contributed by atoms with Crippen molar-refractivity contribution < 1.29 is 19.5 Å². The molecule has 16 heavy (non-hydrogen) atoms. The van der Waals surface area contributed by atoms with Gasteiger partial charge in [0.25, 0.3) is 0 Å². The van der Waals surface area contributed by atoms with Crippen LogP contribution in [0.4, 0.5) is 0 Å². The molecule has 0 aromatic carbocycles. The number of aliphatic hydroxyl groups is 1. The molecule has 0 aliphatic rings. The van der Waals surface area contributed by atoms with Gasteiger partial charge in [-0.05, 0) is 0 Å². The molecule has 0 aromatic rings. The third-order valence-corrected chi connectivity index (χ3v) is 1.40. The number of nitrogens with zero attached hydrogens (tertiary/aromatic N) is 1. The highest BCUT2D eigenvalue weighted by Crippen LogP contribution is 1.98. The van der Waals surface area contributed by atoms with Crippen molar-refractivity contribution in [2.45, 2.75) is 0 Å². The second-order valence-corrected chi connectivity index (χ2v) is 2.60. The molecule has 0 spiro atoms. The van der Waals surface area contributed by atoms with Crippen LogP contribution in [0, 0.1) is 10.1 Å². The first-order chi connectivity index (χ1) is 7.72. The van der Waals surface area contributed by atoms with Crippen LogP contribution in [0.25, 0.3) is 0 Å². The number of hydrogen-bond acceptors (Lipinski definition) is 5. The summed E-state index contributed by atoms with van der Waals surface area (Å²) in [6, 6.07) is 0. The maximum atomic E-state index is 10.5. The topological polar surface area (TPSA) is 81.8 Å². The third kappa shape index (κ3) is 7.72. The van der Waals surface area contributed by atoms with Gasteiger partial charge in [0.1, 0.15) is 6.61 Å². The zero-order chi connectivity index (χ0) is 12.2. The molecule has 1 N–H and O–H groups in total. The van der Waals surface area contributed by atoms with E-state index in [-0.39, 0.29) is 32.1 Å². The van der Waals surface area contributed by atoms with Gasteiger partial charge in [0, 0.05) is 6.08 Å². The van der Waals surface area contributed by atoms with Gasteiger partial charge in [0.15, 0.2) is 6.26 Å². The van der Waals surface area contributed by atoms with Gasteiger partial charge in [-0.3, -0.25) is 10.1 Å². The van der Waals surface area contributed by atoms with Crippen LogP contribution in [-0.4, -0.2) is 36.5 Å². The standard InChI is InChI=1S/C10H15NO5/c1-2-3-4-10(11(13)14)9-16-8-7-15-6-5-12/h2-4,9,12H,1,5-8H2/b4-3-,10-9-. The third-order valence-electron chi connectivity index (χ3n) is 1.40. The molecule has 6 nitrogen and oxygen atoms in total. The van der Waals surface area contributed by atoms with E-state index in [1.165, 1.54) is 18.2 Å². The minimum absolute atomic E-state index is 0.0575. The fraction of sp³-hybridized carbons (Fsp3) is 0.400. The highest BCUT2D eigenvalue weighted by atomic mass is 16.6. The van der Waals surface area contributed by atoms with Crippen LogP contribution in [0.2, 0.25) is 0 Å². The summed E-state index contributed by atoms with van der Waals surface area (Å²) in [6.45, 7) is 4.04. The number of nitro groups is 1. The quantitative estimate of drug-likeness (QED) is 0.208. The van der Waals surface area contributed by atoms with Crippen molar-refractivity contribution in [2.24, 2.45) is 0 Å². The number of hydrogen-bond donors (Lipinski definition) is 1. The Morgan fingerprint density at radius 2 is 2.19 bits per heavy atom. The molecule has 0 saturated heterocycles. The van der Waals surface area contributed by atoms with Crippen LogP contribution < -0.4 is 0 Å². The van der Waals surface area contributed by atoms with Gasteiger partial charge in [-0.2, -0.15) is 0 Å². The SMILES string of the molecule is C=C/C=C\C(=C\OCCOCCO)[N+](=O)[O-]. The van der Waals surface area contributed by atoms with E-state index >= 15 is 0 Å². The highest BCUT2D eigenvalue weighted by molar-refractivity contribution is 5.13. The average Bonchev–Trinajstić information content (AvgIpc) is 2.26. The van der Waals surface area contributed by atoms with Crippen LogP contribution in [0.3, 0.4) is 0 Å². The molecule has 90 valence electrons. The number of allylic oxidation sites excluding steroid dienone is 3. The molecule has 0 aliphatic heterocycles. The fourth-order valence-electron chi connectivity index (χ4n) is 0.728. The lowest BCUT2D eigenvalue weighted by Gasteiger charge is -2.01. The zero-order valence-electron chi connectivity index (χ0n) is 8.87. The van der Waals surface area contributed by atoms with Crippen molar-refractivity contribution in [1.82, 2.24) is 0 Å². The Labute approximate surface area is 93.6 Å². The zero-order valence-corrected chi connectivity index (χ0v) is 8.87. The first-order valence-electron chi connectivity index (χ1n) is 4.66. The van der Waals surface area contributed by atoms with E-state index in [1.54, 1.807) is 0 Å². The lowest BCUT2D eigenvalue weighted by atomic mass is 10.4. The predicted molar refractivity (Wildman–Crippen MR) is 58.3 cm³/mol. The van der Waals surface area contributed by atoms with Gasteiger partial charge in [-0.15, -0.1) is 0 Å². The first-order valence-corrected chi connectivity index (χ1v) is 4.66. The summed E-state index contributed by atoms with van der Waals surface area (Å²) in [4.78, 5) is 9.92. The van der Waals surface area contributed by atoms with Crippen LogP contribution in [0.15, 0.2) is 36.8 Å². The average molecular weight is 229 g/mol. The minimum atomic E-state index is -0.561. The highest BCUT2D eigenvalue weighted by Gasteiger charge is 2.04. The van der Waals surface area contributed by atoms with Crippen molar-refractivity contribution in [3.63, 3.8) is 0 Å². The van der Waals surface area contributed by atoms with Crippen LogP contribution >= 0.6 is 0 Å². The van der Waals surface area contributed by atoms with Crippen molar-refractivity contribution in [1.29, 1.82) is 0 Å². The Morgan fingerprint density at radius 3 is 2.75 bits per heavy atom. The monoisotopic (exact) mass is 229 g/mol. The maximum absolute atomic E-state index is 10.5. The molecule has 0 aromatic heterocycles. The molecule has 0 rings (SSSR count). The van der Waals surface area contributed by atoms with E-state index in [0.717, 1.165) is 6.26 Å². The van der Waals surface area contributed by atoms with E-state index in [4.69, 9.17) is 14.6 Å². The summed E-state index contributed by atoms with van der Waals surface area (Å²) in [7, 11) is 0. The smallest absolute Gasteiger partial charge is 0.303 e. The largest absolute Gasteiger partial charge is 0.492 e. The molecule has 6 heteroatoms. The van der Waals surface area contributed by atoms with Gasteiger partial charge in [0.2, 0.25) is 0 Å². The lowest BCUT2D eigenvalue weighted by molar-refractivity contribution is -0.420. The van der Waals surface area contributed by atoms with Crippen molar-refractivity contribution in [3.8, 4) is 0 Å². The maximum Gasteiger partial charge on any atom is 0.303 e. The summed E-state index contributed by atoms with van der Waals surface area (Å²) in [5.41, 5.74) is -0.165. The summed E-state index contributed by atoms with van der Waals surface area (Å²) in [5.74, 6) is 0. The van der Waals surface area contributed by atoms with Crippen LogP contribution in [-0.2, 0) is 9.47 Å². The fourth-order valence-corrected chi connectivity index (χ4v) is 0.728. The molecule has 0 amide bonds. The lowest BCUT2D eigenvalue weighted by Crippen LogP contribution is -2.06. The normalized spacial score (nSPS) is 11.7. The number of rotatable bonds is 9. The molecule has 0 bridgehead atoms. The Kier molecular flexibility index (Phi) is 8.85. The molecule has 0 radical (unpaired) electrons. The van der Waals surface area contributed by atoms with Crippen LogP contribution in [0.1, 0.15) is 0 Å². The van der Waals surface area contributed by atoms with Gasteiger partial charge in [-0.25, -0.2) is 0 Å². The van der Waals surface area contributed by atoms with E-state index in [9.17, 15) is 10.1 Å². The molecule has 0 saturated carbocycles. The predicted octanol–water partition coefficient (Wildman–Crippen LogP) is 0.872.